The van der Waals surface area contributed by atoms with Crippen LogP contribution in [-0.2, 0) is 0 Å². The van der Waals surface area contributed by atoms with Crippen LogP contribution in [0.5, 0.6) is 5.75 Å². The Morgan fingerprint density at radius 1 is 1.19 bits per heavy atom. The van der Waals surface area contributed by atoms with E-state index in [-0.39, 0.29) is 11.9 Å². The fourth-order valence-electron chi connectivity index (χ4n) is 2.09. The van der Waals surface area contributed by atoms with Crippen molar-refractivity contribution in [2.75, 3.05) is 18.5 Å². The van der Waals surface area contributed by atoms with E-state index in [1.165, 1.54) is 6.07 Å². The first-order valence-electron chi connectivity index (χ1n) is 7.18. The summed E-state index contributed by atoms with van der Waals surface area (Å²) in [6, 6.07) is 14.2. The molecule has 112 valence electrons. The first-order valence-corrected chi connectivity index (χ1v) is 7.18. The molecule has 0 spiro atoms. The maximum atomic E-state index is 13.7. The third-order valence-corrected chi connectivity index (χ3v) is 3.17. The summed E-state index contributed by atoms with van der Waals surface area (Å²) < 4.78 is 19.3. The molecule has 2 aromatic carbocycles. The number of nitrogens with one attached hydrogen (secondary N) is 1. The van der Waals surface area contributed by atoms with Gasteiger partial charge in [0.05, 0.1) is 18.3 Å². The average Bonchev–Trinajstić information content (AvgIpc) is 2.52. The monoisotopic (exact) mass is 288 g/mol. The number of nitrogens with two attached hydrogens (primary N) is 1. The lowest BCUT2D eigenvalue weighted by Crippen LogP contribution is -2.21. The Morgan fingerprint density at radius 2 is 2.00 bits per heavy atom. The van der Waals surface area contributed by atoms with E-state index in [9.17, 15) is 4.39 Å². The van der Waals surface area contributed by atoms with Crippen LogP contribution in [0.1, 0.15) is 24.9 Å². The fourth-order valence-corrected chi connectivity index (χ4v) is 2.09. The van der Waals surface area contributed by atoms with E-state index in [1.807, 2.05) is 24.3 Å². The van der Waals surface area contributed by atoms with E-state index in [2.05, 4.69) is 12.2 Å². The van der Waals surface area contributed by atoms with Gasteiger partial charge in [0.25, 0.3) is 0 Å². The predicted molar refractivity (Wildman–Crippen MR) is 84.0 cm³/mol. The molecule has 3 N–H and O–H groups in total. The second-order valence-electron chi connectivity index (χ2n) is 4.83. The molecule has 0 saturated heterocycles. The normalized spacial score (nSPS) is 12.0. The Balaban J connectivity index is 2.15. The summed E-state index contributed by atoms with van der Waals surface area (Å²) in [7, 11) is 0. The zero-order valence-corrected chi connectivity index (χ0v) is 12.2. The van der Waals surface area contributed by atoms with Crippen molar-refractivity contribution in [3.8, 4) is 5.75 Å². The van der Waals surface area contributed by atoms with Crippen LogP contribution in [0.15, 0.2) is 48.5 Å². The van der Waals surface area contributed by atoms with Crippen LogP contribution in [0.3, 0.4) is 0 Å². The molecule has 0 saturated carbocycles. The Bertz CT molecular complexity index is 574. The molecule has 21 heavy (non-hydrogen) atoms. The number of hydrogen-bond acceptors (Lipinski definition) is 3. The number of rotatable bonds is 7. The SMILES string of the molecule is CCCOc1cccc(C(CN)Nc2ccccc2F)c1. The molecular formula is C17H21FN2O. The average molecular weight is 288 g/mol. The molecule has 0 radical (unpaired) electrons. The van der Waals surface area contributed by atoms with E-state index >= 15 is 0 Å². The first-order chi connectivity index (χ1) is 10.2. The molecule has 0 aliphatic rings. The number of hydrogen-bond donors (Lipinski definition) is 2. The van der Waals surface area contributed by atoms with Crippen molar-refractivity contribution in [1.29, 1.82) is 0 Å². The molecule has 4 heteroatoms. The summed E-state index contributed by atoms with van der Waals surface area (Å²) in [5.74, 6) is 0.525. The second kappa shape index (κ2) is 7.64. The Labute approximate surface area is 124 Å². The molecule has 0 aliphatic carbocycles. The van der Waals surface area contributed by atoms with Crippen LogP contribution in [0.4, 0.5) is 10.1 Å². The smallest absolute Gasteiger partial charge is 0.146 e. The minimum absolute atomic E-state index is 0.160. The number of anilines is 1. The van der Waals surface area contributed by atoms with Crippen molar-refractivity contribution in [3.05, 3.63) is 59.9 Å². The summed E-state index contributed by atoms with van der Waals surface area (Å²) in [4.78, 5) is 0. The standard InChI is InChI=1S/C17H21FN2O/c1-2-10-21-14-7-5-6-13(11-14)17(12-19)20-16-9-4-3-8-15(16)18/h3-9,11,17,20H,2,10,12,19H2,1H3. The van der Waals surface area contributed by atoms with Gasteiger partial charge in [-0.3, -0.25) is 0 Å². The van der Waals surface area contributed by atoms with Crippen molar-refractivity contribution in [2.24, 2.45) is 5.73 Å². The summed E-state index contributed by atoms with van der Waals surface area (Å²) in [5, 5.41) is 3.14. The molecule has 0 aliphatic heterocycles. The Hall–Kier alpha value is -2.07. The number of halogens is 1. The second-order valence-corrected chi connectivity index (χ2v) is 4.83. The quantitative estimate of drug-likeness (QED) is 0.816. The van der Waals surface area contributed by atoms with Crippen molar-refractivity contribution in [1.82, 2.24) is 0 Å². The van der Waals surface area contributed by atoms with Crippen LogP contribution < -0.4 is 15.8 Å². The van der Waals surface area contributed by atoms with E-state index in [0.29, 0.717) is 18.8 Å². The van der Waals surface area contributed by atoms with Gasteiger partial charge in [0.2, 0.25) is 0 Å². The third kappa shape index (κ3) is 4.20. The van der Waals surface area contributed by atoms with E-state index in [1.54, 1.807) is 18.2 Å². The summed E-state index contributed by atoms with van der Waals surface area (Å²) >= 11 is 0. The highest BCUT2D eigenvalue weighted by atomic mass is 19.1. The van der Waals surface area contributed by atoms with E-state index in [0.717, 1.165) is 17.7 Å². The molecule has 1 unspecified atom stereocenters. The zero-order chi connectivity index (χ0) is 15.1. The van der Waals surface area contributed by atoms with Crippen molar-refractivity contribution >= 4 is 5.69 Å². The van der Waals surface area contributed by atoms with Gasteiger partial charge < -0.3 is 15.8 Å². The number of ether oxygens (including phenoxy) is 1. The molecular weight excluding hydrogens is 267 g/mol. The molecule has 0 heterocycles. The highest BCUT2D eigenvalue weighted by Gasteiger charge is 2.12. The Kier molecular flexibility index (Phi) is 5.58. The number of para-hydroxylation sites is 1. The fraction of sp³-hybridized carbons (Fsp3) is 0.294. The molecule has 0 aromatic heterocycles. The van der Waals surface area contributed by atoms with Crippen LogP contribution in [0.2, 0.25) is 0 Å². The van der Waals surface area contributed by atoms with E-state index in [4.69, 9.17) is 10.5 Å². The molecule has 2 aromatic rings. The van der Waals surface area contributed by atoms with Gasteiger partial charge in [-0.15, -0.1) is 0 Å². The minimum atomic E-state index is -0.283. The lowest BCUT2D eigenvalue weighted by molar-refractivity contribution is 0.317. The van der Waals surface area contributed by atoms with Gasteiger partial charge in [-0.1, -0.05) is 31.2 Å². The van der Waals surface area contributed by atoms with Gasteiger partial charge in [-0.25, -0.2) is 4.39 Å². The molecule has 1 atom stereocenters. The van der Waals surface area contributed by atoms with Crippen molar-refractivity contribution < 1.29 is 9.13 Å². The van der Waals surface area contributed by atoms with Gasteiger partial charge in [-0.05, 0) is 36.2 Å². The van der Waals surface area contributed by atoms with Crippen LogP contribution in [0.25, 0.3) is 0 Å². The van der Waals surface area contributed by atoms with Crippen molar-refractivity contribution in [2.45, 2.75) is 19.4 Å². The van der Waals surface area contributed by atoms with E-state index < -0.39 is 0 Å². The molecule has 3 nitrogen and oxygen atoms in total. The zero-order valence-electron chi connectivity index (χ0n) is 12.2. The minimum Gasteiger partial charge on any atom is -0.494 e. The van der Waals surface area contributed by atoms with Crippen LogP contribution in [0, 0.1) is 5.82 Å². The van der Waals surface area contributed by atoms with Gasteiger partial charge in [0.15, 0.2) is 0 Å². The summed E-state index contributed by atoms with van der Waals surface area (Å²) in [5.41, 5.74) is 7.26. The molecule has 0 amide bonds. The maximum Gasteiger partial charge on any atom is 0.146 e. The van der Waals surface area contributed by atoms with Crippen LogP contribution in [-0.4, -0.2) is 13.2 Å². The molecule has 2 rings (SSSR count). The maximum absolute atomic E-state index is 13.7. The highest BCUT2D eigenvalue weighted by Crippen LogP contribution is 2.24. The molecule has 0 fully saturated rings. The lowest BCUT2D eigenvalue weighted by Gasteiger charge is -2.19. The predicted octanol–water partition coefficient (Wildman–Crippen LogP) is 3.73. The van der Waals surface area contributed by atoms with Gasteiger partial charge in [-0.2, -0.15) is 0 Å². The molecule has 0 bridgehead atoms. The topological polar surface area (TPSA) is 47.3 Å². The summed E-state index contributed by atoms with van der Waals surface area (Å²) in [6.07, 6.45) is 0.956. The Morgan fingerprint density at radius 3 is 2.71 bits per heavy atom. The van der Waals surface area contributed by atoms with Gasteiger partial charge >= 0.3 is 0 Å². The number of benzene rings is 2. The van der Waals surface area contributed by atoms with Crippen LogP contribution >= 0.6 is 0 Å². The third-order valence-electron chi connectivity index (χ3n) is 3.17. The largest absolute Gasteiger partial charge is 0.494 e. The lowest BCUT2D eigenvalue weighted by atomic mass is 10.1. The van der Waals surface area contributed by atoms with Gasteiger partial charge in [0, 0.05) is 6.54 Å². The highest BCUT2D eigenvalue weighted by molar-refractivity contribution is 5.47. The summed E-state index contributed by atoms with van der Waals surface area (Å²) in [6.45, 7) is 3.11. The van der Waals surface area contributed by atoms with Gasteiger partial charge in [0.1, 0.15) is 11.6 Å². The first kappa shape index (κ1) is 15.3. The van der Waals surface area contributed by atoms with Crippen molar-refractivity contribution in [3.63, 3.8) is 0 Å².